The predicted octanol–water partition coefficient (Wildman–Crippen LogP) is 3.09. The number of benzene rings is 2. The Morgan fingerprint density at radius 1 is 1.21 bits per heavy atom. The number of rotatable bonds is 2. The Morgan fingerprint density at radius 3 is 2.47 bits per heavy atom. The highest BCUT2D eigenvalue weighted by Gasteiger charge is 2.42. The van der Waals surface area contributed by atoms with E-state index in [9.17, 15) is 13.6 Å². The predicted molar refractivity (Wildman–Crippen MR) is 67.8 cm³/mol. The van der Waals surface area contributed by atoms with Crippen molar-refractivity contribution in [3.05, 3.63) is 47.5 Å². The third kappa shape index (κ3) is 2.27. The van der Waals surface area contributed by atoms with Crippen LogP contribution in [0.2, 0.25) is 0 Å². The first kappa shape index (κ1) is 13.0. The van der Waals surface area contributed by atoms with Gasteiger partial charge in [0.2, 0.25) is 0 Å². The van der Waals surface area contributed by atoms with Gasteiger partial charge in [-0.15, -0.1) is 6.42 Å². The number of esters is 1. The SMILES string of the molecule is C#Cc1ccc2cc(C(F)(F)C(=O)OC)ccc2c1. The van der Waals surface area contributed by atoms with Crippen molar-refractivity contribution in [1.29, 1.82) is 0 Å². The third-order valence-corrected chi connectivity index (χ3v) is 2.81. The average Bonchev–Trinajstić information content (AvgIpc) is 2.44. The molecule has 4 heteroatoms. The van der Waals surface area contributed by atoms with E-state index < -0.39 is 17.5 Å². The van der Waals surface area contributed by atoms with Crippen LogP contribution in [-0.4, -0.2) is 13.1 Å². The number of hydrogen-bond donors (Lipinski definition) is 0. The van der Waals surface area contributed by atoms with E-state index in [0.717, 1.165) is 12.5 Å². The quantitative estimate of drug-likeness (QED) is 0.612. The Kier molecular flexibility index (Phi) is 3.22. The number of halogens is 2. The summed E-state index contributed by atoms with van der Waals surface area (Å²) < 4.78 is 31.5. The summed E-state index contributed by atoms with van der Waals surface area (Å²) in [5.74, 6) is -2.77. The van der Waals surface area contributed by atoms with Crippen molar-refractivity contribution in [2.45, 2.75) is 5.92 Å². The van der Waals surface area contributed by atoms with E-state index in [2.05, 4.69) is 10.7 Å². The van der Waals surface area contributed by atoms with Gasteiger partial charge in [0, 0.05) is 11.1 Å². The zero-order valence-electron chi connectivity index (χ0n) is 10.1. The van der Waals surface area contributed by atoms with Gasteiger partial charge in [0.25, 0.3) is 0 Å². The molecule has 0 aliphatic carbocycles. The van der Waals surface area contributed by atoms with Gasteiger partial charge in [-0.05, 0) is 29.0 Å². The summed E-state index contributed by atoms with van der Waals surface area (Å²) in [7, 11) is 0.927. The number of methoxy groups -OCH3 is 1. The largest absolute Gasteiger partial charge is 0.464 e. The van der Waals surface area contributed by atoms with Crippen molar-refractivity contribution < 1.29 is 18.3 Å². The maximum Gasteiger partial charge on any atom is 0.381 e. The highest BCUT2D eigenvalue weighted by molar-refractivity contribution is 5.87. The molecule has 0 aliphatic rings. The number of terminal acetylenes is 1. The zero-order chi connectivity index (χ0) is 14.0. The Bertz CT molecular complexity index is 684. The van der Waals surface area contributed by atoms with Gasteiger partial charge in [0.15, 0.2) is 0 Å². The first-order valence-electron chi connectivity index (χ1n) is 5.46. The molecule has 0 saturated carbocycles. The second-order valence-electron chi connectivity index (χ2n) is 3.99. The molecular weight excluding hydrogens is 250 g/mol. The molecule has 0 N–H and O–H groups in total. The molecule has 2 aromatic carbocycles. The lowest BCUT2D eigenvalue weighted by Crippen LogP contribution is -2.27. The molecule has 0 unspecified atom stereocenters. The van der Waals surface area contributed by atoms with Gasteiger partial charge in [-0.2, -0.15) is 8.78 Å². The van der Waals surface area contributed by atoms with Gasteiger partial charge >= 0.3 is 11.9 Å². The molecule has 0 saturated heterocycles. The van der Waals surface area contributed by atoms with Crippen LogP contribution in [0.25, 0.3) is 10.8 Å². The average molecular weight is 260 g/mol. The number of alkyl halides is 2. The van der Waals surface area contributed by atoms with Gasteiger partial charge in [0.1, 0.15) is 0 Å². The Hall–Kier alpha value is -2.41. The van der Waals surface area contributed by atoms with E-state index in [1.54, 1.807) is 18.2 Å². The Balaban J connectivity index is 2.54. The third-order valence-electron chi connectivity index (χ3n) is 2.81. The van der Waals surface area contributed by atoms with E-state index in [1.807, 2.05) is 0 Å². The highest BCUT2D eigenvalue weighted by Crippen LogP contribution is 2.31. The van der Waals surface area contributed by atoms with Gasteiger partial charge in [0.05, 0.1) is 7.11 Å². The van der Waals surface area contributed by atoms with Crippen LogP contribution in [-0.2, 0) is 15.5 Å². The van der Waals surface area contributed by atoms with Crippen LogP contribution in [0.15, 0.2) is 36.4 Å². The molecule has 19 heavy (non-hydrogen) atoms. The number of fused-ring (bicyclic) bond motifs is 1. The van der Waals surface area contributed by atoms with E-state index >= 15 is 0 Å². The van der Waals surface area contributed by atoms with Crippen LogP contribution in [0.5, 0.6) is 0 Å². The number of hydrogen-bond acceptors (Lipinski definition) is 2. The summed E-state index contributed by atoms with van der Waals surface area (Å²) in [6.07, 6.45) is 5.27. The molecule has 2 rings (SSSR count). The Labute approximate surface area is 109 Å². The van der Waals surface area contributed by atoms with E-state index in [0.29, 0.717) is 10.9 Å². The zero-order valence-corrected chi connectivity index (χ0v) is 10.1. The number of ether oxygens (including phenoxy) is 1. The molecule has 0 spiro atoms. The van der Waals surface area contributed by atoms with Crippen LogP contribution in [0.4, 0.5) is 8.78 Å². The lowest BCUT2D eigenvalue weighted by molar-refractivity contribution is -0.170. The fraction of sp³-hybridized carbons (Fsp3) is 0.133. The first-order chi connectivity index (χ1) is 8.98. The molecule has 0 aromatic heterocycles. The van der Waals surface area contributed by atoms with Crippen molar-refractivity contribution in [1.82, 2.24) is 0 Å². The minimum Gasteiger partial charge on any atom is -0.464 e. The summed E-state index contributed by atoms with van der Waals surface area (Å²) >= 11 is 0. The molecule has 0 radical (unpaired) electrons. The maximum absolute atomic E-state index is 13.7. The molecule has 2 aromatic rings. The monoisotopic (exact) mass is 260 g/mol. The van der Waals surface area contributed by atoms with Crippen molar-refractivity contribution >= 4 is 16.7 Å². The molecule has 0 bridgehead atoms. The normalized spacial score (nSPS) is 11.1. The topological polar surface area (TPSA) is 26.3 Å². The summed E-state index contributed by atoms with van der Waals surface area (Å²) in [5, 5.41) is 1.32. The highest BCUT2D eigenvalue weighted by atomic mass is 19.3. The van der Waals surface area contributed by atoms with Crippen LogP contribution in [0, 0.1) is 12.3 Å². The number of carbonyl (C=O) groups is 1. The van der Waals surface area contributed by atoms with Gasteiger partial charge < -0.3 is 4.74 Å². The lowest BCUT2D eigenvalue weighted by atomic mass is 10.0. The Morgan fingerprint density at radius 2 is 1.84 bits per heavy atom. The molecular formula is C15H10F2O2. The lowest BCUT2D eigenvalue weighted by Gasteiger charge is -2.14. The summed E-state index contributed by atoms with van der Waals surface area (Å²) in [4.78, 5) is 11.1. The minimum absolute atomic E-state index is 0.402. The molecule has 2 nitrogen and oxygen atoms in total. The molecule has 0 atom stereocenters. The van der Waals surface area contributed by atoms with E-state index in [4.69, 9.17) is 6.42 Å². The first-order valence-corrected chi connectivity index (χ1v) is 5.46. The van der Waals surface area contributed by atoms with E-state index in [-0.39, 0.29) is 0 Å². The standard InChI is InChI=1S/C15H10F2O2/c1-3-10-4-5-12-9-13(7-6-11(12)8-10)15(16,17)14(18)19-2/h1,4-9H,2H3. The van der Waals surface area contributed by atoms with Crippen molar-refractivity contribution in [3.63, 3.8) is 0 Å². The van der Waals surface area contributed by atoms with Crippen molar-refractivity contribution in [3.8, 4) is 12.3 Å². The molecule has 0 heterocycles. The molecule has 0 amide bonds. The van der Waals surface area contributed by atoms with Gasteiger partial charge in [-0.3, -0.25) is 0 Å². The van der Waals surface area contributed by atoms with Crippen LogP contribution >= 0.6 is 0 Å². The molecule has 0 fully saturated rings. The fourth-order valence-electron chi connectivity index (χ4n) is 1.78. The summed E-state index contributed by atoms with van der Waals surface area (Å²) in [6.45, 7) is 0. The van der Waals surface area contributed by atoms with Crippen molar-refractivity contribution in [2.24, 2.45) is 0 Å². The second kappa shape index (κ2) is 4.69. The van der Waals surface area contributed by atoms with Crippen molar-refractivity contribution in [2.75, 3.05) is 7.11 Å². The number of carbonyl (C=O) groups excluding carboxylic acids is 1. The molecule has 96 valence electrons. The van der Waals surface area contributed by atoms with E-state index in [1.165, 1.54) is 18.2 Å². The summed E-state index contributed by atoms with van der Waals surface area (Å²) in [6, 6.07) is 8.97. The molecule has 0 aliphatic heterocycles. The van der Waals surface area contributed by atoms with Crippen LogP contribution in [0.1, 0.15) is 11.1 Å². The second-order valence-corrected chi connectivity index (χ2v) is 3.99. The minimum atomic E-state index is -3.66. The van der Waals surface area contributed by atoms with Gasteiger partial charge in [-0.25, -0.2) is 4.79 Å². The smallest absolute Gasteiger partial charge is 0.381 e. The van der Waals surface area contributed by atoms with Crippen LogP contribution < -0.4 is 0 Å². The fourth-order valence-corrected chi connectivity index (χ4v) is 1.78. The van der Waals surface area contributed by atoms with Crippen LogP contribution in [0.3, 0.4) is 0 Å². The maximum atomic E-state index is 13.7. The van der Waals surface area contributed by atoms with Gasteiger partial charge in [-0.1, -0.05) is 24.1 Å². The summed E-state index contributed by atoms with van der Waals surface area (Å²) in [5.41, 5.74) is 0.264.